The second-order valence-electron chi connectivity index (χ2n) is 6.06. The number of sulfonamides is 1. The molecule has 0 amide bonds. The molecule has 9 heteroatoms. The van der Waals surface area contributed by atoms with Crippen LogP contribution in [0.1, 0.15) is 23.3 Å². The van der Waals surface area contributed by atoms with E-state index in [0.717, 1.165) is 23.3 Å². The lowest BCUT2D eigenvalue weighted by Crippen LogP contribution is -2.14. The molecular weight excluding hydrogens is 381 g/mol. The first-order valence-corrected chi connectivity index (χ1v) is 9.32. The Bertz CT molecular complexity index is 1120. The van der Waals surface area contributed by atoms with Gasteiger partial charge in [0.05, 0.1) is 5.56 Å². The van der Waals surface area contributed by atoms with E-state index in [-0.39, 0.29) is 16.8 Å². The summed E-state index contributed by atoms with van der Waals surface area (Å²) in [6, 6.07) is 8.17. The smallest absolute Gasteiger partial charge is 0.298 e. The Labute approximate surface area is 153 Å². The molecule has 0 radical (unpaired) electrons. The average Bonchev–Trinajstić information content (AvgIpc) is 3.01. The monoisotopic (exact) mass is 396 g/mol. The molecule has 0 atom stereocenters. The summed E-state index contributed by atoms with van der Waals surface area (Å²) in [6.07, 6.45) is -2.99. The first-order chi connectivity index (χ1) is 12.6. The minimum Gasteiger partial charge on any atom is -0.354 e. The maximum Gasteiger partial charge on any atom is 0.298 e. The molecule has 1 heterocycles. The quantitative estimate of drug-likeness (QED) is 0.710. The van der Waals surface area contributed by atoms with Gasteiger partial charge in [0.25, 0.3) is 6.43 Å². The van der Waals surface area contributed by atoms with Crippen molar-refractivity contribution < 1.29 is 26.1 Å². The first kappa shape index (κ1) is 19.1. The van der Waals surface area contributed by atoms with Crippen LogP contribution in [0.5, 0.6) is 0 Å². The van der Waals surface area contributed by atoms with Crippen molar-refractivity contribution in [1.82, 2.24) is 5.16 Å². The highest BCUT2D eigenvalue weighted by Crippen LogP contribution is 2.40. The van der Waals surface area contributed by atoms with Crippen LogP contribution in [-0.2, 0) is 10.0 Å². The Hall–Kier alpha value is -2.65. The van der Waals surface area contributed by atoms with Gasteiger partial charge in [-0.25, -0.2) is 26.7 Å². The zero-order chi connectivity index (χ0) is 19.9. The third-order valence-corrected chi connectivity index (χ3v) is 5.17. The fourth-order valence-corrected chi connectivity index (χ4v) is 3.29. The Balaban J connectivity index is 2.24. The Morgan fingerprint density at radius 3 is 2.26 bits per heavy atom. The third kappa shape index (κ3) is 3.60. The number of aryl methyl sites for hydroxylation is 2. The van der Waals surface area contributed by atoms with Crippen LogP contribution in [0, 0.1) is 19.7 Å². The largest absolute Gasteiger partial charge is 0.354 e. The zero-order valence-corrected chi connectivity index (χ0v) is 15.1. The molecule has 2 aromatic carbocycles. The molecule has 0 saturated carbocycles. The van der Waals surface area contributed by atoms with Crippen LogP contribution in [0.3, 0.4) is 0 Å². The summed E-state index contributed by atoms with van der Waals surface area (Å²) >= 11 is 0. The van der Waals surface area contributed by atoms with Gasteiger partial charge in [-0.3, -0.25) is 0 Å². The summed E-state index contributed by atoms with van der Waals surface area (Å²) in [6.45, 7) is 3.75. The average molecular weight is 396 g/mol. The topological polar surface area (TPSA) is 86.2 Å². The SMILES string of the molecule is Cc1ccc(-c2noc(C(F)F)c2-c2ccc(S(N)(=O)=O)c(F)c2)cc1C. The van der Waals surface area contributed by atoms with Crippen molar-refractivity contribution in [3.63, 3.8) is 0 Å². The summed E-state index contributed by atoms with van der Waals surface area (Å²) in [5.74, 6) is -1.88. The Morgan fingerprint density at radius 2 is 1.70 bits per heavy atom. The number of rotatable bonds is 4. The van der Waals surface area contributed by atoms with E-state index in [1.54, 1.807) is 18.2 Å². The van der Waals surface area contributed by atoms with E-state index in [0.29, 0.717) is 5.56 Å². The maximum absolute atomic E-state index is 14.2. The number of hydrogen-bond acceptors (Lipinski definition) is 4. The highest BCUT2D eigenvalue weighted by molar-refractivity contribution is 7.89. The normalized spacial score (nSPS) is 12.0. The van der Waals surface area contributed by atoms with Crippen molar-refractivity contribution in [2.45, 2.75) is 25.2 Å². The van der Waals surface area contributed by atoms with Gasteiger partial charge in [0.15, 0.2) is 0 Å². The van der Waals surface area contributed by atoms with Gasteiger partial charge in [0.2, 0.25) is 15.8 Å². The molecule has 3 aromatic rings. The molecule has 142 valence electrons. The summed E-state index contributed by atoms with van der Waals surface area (Å²) in [7, 11) is -4.28. The third-order valence-electron chi connectivity index (χ3n) is 4.22. The van der Waals surface area contributed by atoms with Gasteiger partial charge in [0, 0.05) is 5.56 Å². The molecule has 2 N–H and O–H groups in total. The summed E-state index contributed by atoms with van der Waals surface area (Å²) in [5.41, 5.74) is 2.44. The number of aromatic nitrogens is 1. The summed E-state index contributed by atoms with van der Waals surface area (Å²) in [4.78, 5) is -0.728. The Morgan fingerprint density at radius 1 is 1.04 bits per heavy atom. The van der Waals surface area contributed by atoms with Crippen molar-refractivity contribution in [2.24, 2.45) is 5.14 Å². The molecule has 0 spiro atoms. The molecule has 0 unspecified atom stereocenters. The zero-order valence-electron chi connectivity index (χ0n) is 14.3. The van der Waals surface area contributed by atoms with E-state index in [4.69, 9.17) is 9.66 Å². The van der Waals surface area contributed by atoms with Crippen LogP contribution in [0.15, 0.2) is 45.8 Å². The lowest BCUT2D eigenvalue weighted by Gasteiger charge is -2.08. The number of nitrogens with zero attached hydrogens (tertiary/aromatic N) is 1. The predicted molar refractivity (Wildman–Crippen MR) is 93.1 cm³/mol. The van der Waals surface area contributed by atoms with Crippen LogP contribution in [0.4, 0.5) is 13.2 Å². The number of hydrogen-bond donors (Lipinski definition) is 1. The van der Waals surface area contributed by atoms with E-state index < -0.39 is 32.9 Å². The molecule has 1 aromatic heterocycles. The van der Waals surface area contributed by atoms with Crippen LogP contribution < -0.4 is 5.14 Å². The van der Waals surface area contributed by atoms with Crippen LogP contribution in [0.25, 0.3) is 22.4 Å². The number of primary sulfonamides is 1. The van der Waals surface area contributed by atoms with Gasteiger partial charge < -0.3 is 4.52 Å². The second kappa shape index (κ2) is 6.82. The molecule has 3 rings (SSSR count). The maximum atomic E-state index is 14.2. The standard InChI is InChI=1S/C18H15F3N2O3S/c1-9-3-4-12(7-10(9)2)16-15(17(18(20)21)26-23-16)11-5-6-14(13(19)8-11)27(22,24)25/h3-8,18H,1-2H3,(H2,22,24,25). The predicted octanol–water partition coefficient (Wildman–Crippen LogP) is 4.35. The Kier molecular flexibility index (Phi) is 4.83. The van der Waals surface area contributed by atoms with E-state index >= 15 is 0 Å². The van der Waals surface area contributed by atoms with Gasteiger partial charge in [-0.05, 0) is 48.7 Å². The molecular formula is C18H15F3N2O3S. The van der Waals surface area contributed by atoms with Gasteiger partial charge in [-0.2, -0.15) is 0 Å². The van der Waals surface area contributed by atoms with Gasteiger partial charge in [-0.15, -0.1) is 0 Å². The van der Waals surface area contributed by atoms with E-state index in [2.05, 4.69) is 5.16 Å². The second-order valence-corrected chi connectivity index (χ2v) is 7.59. The molecule has 0 aliphatic rings. The van der Waals surface area contributed by atoms with Gasteiger partial charge in [0.1, 0.15) is 16.4 Å². The van der Waals surface area contributed by atoms with Crippen LogP contribution in [-0.4, -0.2) is 13.6 Å². The van der Waals surface area contributed by atoms with Crippen LogP contribution >= 0.6 is 0 Å². The van der Waals surface area contributed by atoms with Crippen LogP contribution in [0.2, 0.25) is 0 Å². The molecule has 0 aliphatic heterocycles. The number of alkyl halides is 2. The molecule has 0 bridgehead atoms. The van der Waals surface area contributed by atoms with Gasteiger partial charge >= 0.3 is 0 Å². The lowest BCUT2D eigenvalue weighted by molar-refractivity contribution is 0.113. The van der Waals surface area contributed by atoms with E-state index in [9.17, 15) is 21.6 Å². The fraction of sp³-hybridized carbons (Fsp3) is 0.167. The highest BCUT2D eigenvalue weighted by atomic mass is 32.2. The summed E-state index contributed by atoms with van der Waals surface area (Å²) < 4.78 is 68.6. The van der Waals surface area contributed by atoms with Crippen molar-refractivity contribution >= 4 is 10.0 Å². The van der Waals surface area contributed by atoms with E-state index in [1.807, 2.05) is 13.8 Å². The number of nitrogens with two attached hydrogens (primary N) is 1. The van der Waals surface area contributed by atoms with Crippen molar-refractivity contribution in [3.05, 3.63) is 59.1 Å². The minimum absolute atomic E-state index is 0.00433. The lowest BCUT2D eigenvalue weighted by atomic mass is 9.97. The molecule has 27 heavy (non-hydrogen) atoms. The molecule has 0 aliphatic carbocycles. The molecule has 5 nitrogen and oxygen atoms in total. The number of benzene rings is 2. The van der Waals surface area contributed by atoms with E-state index in [1.165, 1.54) is 6.07 Å². The highest BCUT2D eigenvalue weighted by Gasteiger charge is 2.27. The number of halogens is 3. The first-order valence-electron chi connectivity index (χ1n) is 7.77. The van der Waals surface area contributed by atoms with Crippen molar-refractivity contribution in [1.29, 1.82) is 0 Å². The molecule has 0 saturated heterocycles. The minimum atomic E-state index is -4.28. The van der Waals surface area contributed by atoms with Crippen molar-refractivity contribution in [2.75, 3.05) is 0 Å². The fourth-order valence-electron chi connectivity index (χ4n) is 2.70. The summed E-state index contributed by atoms with van der Waals surface area (Å²) in [5, 5.41) is 8.67. The molecule has 0 fully saturated rings. The van der Waals surface area contributed by atoms with Gasteiger partial charge in [-0.1, -0.05) is 23.4 Å². The van der Waals surface area contributed by atoms with Crippen molar-refractivity contribution in [3.8, 4) is 22.4 Å².